The van der Waals surface area contributed by atoms with Crippen molar-refractivity contribution in [2.75, 3.05) is 18.4 Å². The summed E-state index contributed by atoms with van der Waals surface area (Å²) >= 11 is 0. The van der Waals surface area contributed by atoms with E-state index in [0.29, 0.717) is 17.8 Å². The van der Waals surface area contributed by atoms with Crippen LogP contribution in [0.5, 0.6) is 0 Å². The van der Waals surface area contributed by atoms with Crippen molar-refractivity contribution < 1.29 is 13.3 Å². The lowest BCUT2D eigenvalue weighted by Gasteiger charge is -2.11. The fraction of sp³-hybridized carbons (Fsp3) is 0.250. The van der Waals surface area contributed by atoms with Crippen LogP contribution >= 0.6 is 0 Å². The average Bonchev–Trinajstić information content (AvgIpc) is 2.51. The van der Waals surface area contributed by atoms with Gasteiger partial charge in [-0.1, -0.05) is 17.7 Å². The van der Waals surface area contributed by atoms with Crippen molar-refractivity contribution in [3.05, 3.63) is 63.7 Å². The van der Waals surface area contributed by atoms with Crippen LogP contribution in [0.1, 0.15) is 11.1 Å². The molecule has 0 bridgehead atoms. The van der Waals surface area contributed by atoms with Gasteiger partial charge in [0.1, 0.15) is 0 Å². The first-order valence-electron chi connectivity index (χ1n) is 7.35. The first-order chi connectivity index (χ1) is 11.3. The maximum atomic E-state index is 12.3. The number of benzene rings is 2. The summed E-state index contributed by atoms with van der Waals surface area (Å²) in [4.78, 5) is 10.4. The standard InChI is InChI=1S/C16H19N3O4S/c1-12-3-8-16(13(2)11-12)24(22,23)18-10-9-17-14-4-6-15(7-5-14)19(20)21/h3-8,11,17-18H,9-10H2,1-2H3. The molecule has 0 aliphatic carbocycles. The van der Waals surface area contributed by atoms with Crippen molar-refractivity contribution in [3.8, 4) is 0 Å². The predicted molar refractivity (Wildman–Crippen MR) is 92.7 cm³/mol. The molecule has 0 atom stereocenters. The summed E-state index contributed by atoms with van der Waals surface area (Å²) in [6, 6.07) is 11.1. The summed E-state index contributed by atoms with van der Waals surface area (Å²) in [5.74, 6) is 0. The van der Waals surface area contributed by atoms with Crippen LogP contribution in [0.25, 0.3) is 0 Å². The highest BCUT2D eigenvalue weighted by Gasteiger charge is 2.15. The molecule has 7 nitrogen and oxygen atoms in total. The molecule has 0 unspecified atom stereocenters. The molecule has 0 amide bonds. The number of hydrogen-bond acceptors (Lipinski definition) is 5. The number of non-ortho nitro benzene ring substituents is 1. The maximum Gasteiger partial charge on any atom is 0.269 e. The molecule has 0 heterocycles. The summed E-state index contributed by atoms with van der Waals surface area (Å²) in [6.45, 7) is 4.23. The van der Waals surface area contributed by atoms with Crippen molar-refractivity contribution in [2.24, 2.45) is 0 Å². The van der Waals surface area contributed by atoms with Gasteiger partial charge in [0, 0.05) is 30.9 Å². The summed E-state index contributed by atoms with van der Waals surface area (Å²) in [5.41, 5.74) is 2.40. The first kappa shape index (κ1) is 17.9. The third-order valence-corrected chi connectivity index (χ3v) is 5.07. The molecule has 2 rings (SSSR count). The molecule has 0 aliphatic rings. The molecule has 0 aliphatic heterocycles. The summed E-state index contributed by atoms with van der Waals surface area (Å²) in [7, 11) is -3.56. The van der Waals surface area contributed by atoms with Crippen LogP contribution in [0.2, 0.25) is 0 Å². The maximum absolute atomic E-state index is 12.3. The van der Waals surface area contributed by atoms with E-state index in [4.69, 9.17) is 0 Å². The zero-order valence-corrected chi connectivity index (χ0v) is 14.3. The average molecular weight is 349 g/mol. The lowest BCUT2D eigenvalue weighted by atomic mass is 10.2. The molecular formula is C16H19N3O4S. The Kier molecular flexibility index (Phi) is 5.53. The van der Waals surface area contributed by atoms with Gasteiger partial charge < -0.3 is 5.32 Å². The smallest absolute Gasteiger partial charge is 0.269 e. The number of nitrogens with zero attached hydrogens (tertiary/aromatic N) is 1. The zero-order chi connectivity index (χ0) is 17.7. The lowest BCUT2D eigenvalue weighted by molar-refractivity contribution is -0.384. The van der Waals surface area contributed by atoms with Gasteiger partial charge in [-0.05, 0) is 37.6 Å². The number of aryl methyl sites for hydroxylation is 2. The van der Waals surface area contributed by atoms with E-state index in [-0.39, 0.29) is 17.1 Å². The minimum absolute atomic E-state index is 0.0103. The lowest BCUT2D eigenvalue weighted by Crippen LogP contribution is -2.29. The molecular weight excluding hydrogens is 330 g/mol. The Labute approximate surface area is 140 Å². The van der Waals surface area contributed by atoms with Gasteiger partial charge in [0.05, 0.1) is 9.82 Å². The molecule has 0 spiro atoms. The van der Waals surface area contributed by atoms with Crippen LogP contribution in [-0.2, 0) is 10.0 Å². The highest BCUT2D eigenvalue weighted by atomic mass is 32.2. The third kappa shape index (κ3) is 4.53. The SMILES string of the molecule is Cc1ccc(S(=O)(=O)NCCNc2ccc([N+](=O)[O-])cc2)c(C)c1. The Bertz CT molecular complexity index is 833. The second-order valence-electron chi connectivity index (χ2n) is 5.40. The number of hydrogen-bond donors (Lipinski definition) is 2. The van der Waals surface area contributed by atoms with Crippen LogP contribution in [0.3, 0.4) is 0 Å². The van der Waals surface area contributed by atoms with Crippen molar-refractivity contribution in [1.82, 2.24) is 4.72 Å². The third-order valence-electron chi connectivity index (χ3n) is 3.44. The molecule has 2 N–H and O–H groups in total. The molecule has 2 aromatic carbocycles. The van der Waals surface area contributed by atoms with Crippen molar-refractivity contribution in [2.45, 2.75) is 18.7 Å². The molecule has 24 heavy (non-hydrogen) atoms. The molecule has 0 saturated carbocycles. The Hall–Kier alpha value is -2.45. The molecule has 0 radical (unpaired) electrons. The summed E-state index contributed by atoms with van der Waals surface area (Å²) < 4.78 is 27.1. The predicted octanol–water partition coefficient (Wildman–Crippen LogP) is 2.60. The van der Waals surface area contributed by atoms with E-state index in [1.807, 2.05) is 13.0 Å². The van der Waals surface area contributed by atoms with Gasteiger partial charge in [-0.3, -0.25) is 10.1 Å². The van der Waals surface area contributed by atoms with E-state index in [1.165, 1.54) is 12.1 Å². The molecule has 0 aromatic heterocycles. The van der Waals surface area contributed by atoms with Crippen molar-refractivity contribution >= 4 is 21.4 Å². The monoisotopic (exact) mass is 349 g/mol. The van der Waals surface area contributed by atoms with E-state index in [0.717, 1.165) is 5.56 Å². The largest absolute Gasteiger partial charge is 0.384 e. The first-order valence-corrected chi connectivity index (χ1v) is 8.83. The van der Waals surface area contributed by atoms with E-state index in [9.17, 15) is 18.5 Å². The molecule has 0 fully saturated rings. The van der Waals surface area contributed by atoms with Gasteiger partial charge >= 0.3 is 0 Å². The normalized spacial score (nSPS) is 11.2. The van der Waals surface area contributed by atoms with E-state index < -0.39 is 14.9 Å². The van der Waals surface area contributed by atoms with Gasteiger partial charge in [-0.2, -0.15) is 0 Å². The van der Waals surface area contributed by atoms with Crippen LogP contribution in [0, 0.1) is 24.0 Å². The molecule has 2 aromatic rings. The van der Waals surface area contributed by atoms with Crippen LogP contribution in [0.15, 0.2) is 47.4 Å². The number of sulfonamides is 1. The number of anilines is 1. The van der Waals surface area contributed by atoms with E-state index in [1.54, 1.807) is 31.2 Å². The number of rotatable bonds is 7. The number of nitrogens with one attached hydrogen (secondary N) is 2. The number of nitro benzene ring substituents is 1. The minimum Gasteiger partial charge on any atom is -0.384 e. The summed E-state index contributed by atoms with van der Waals surface area (Å²) in [6.07, 6.45) is 0. The number of nitro groups is 1. The molecule has 128 valence electrons. The second-order valence-corrected chi connectivity index (χ2v) is 7.13. The summed E-state index contributed by atoms with van der Waals surface area (Å²) in [5, 5.41) is 13.6. The van der Waals surface area contributed by atoms with E-state index in [2.05, 4.69) is 10.0 Å². The molecule has 8 heteroatoms. The molecule has 0 saturated heterocycles. The minimum atomic E-state index is -3.56. The Morgan fingerprint density at radius 2 is 1.71 bits per heavy atom. The van der Waals surface area contributed by atoms with Crippen LogP contribution in [0.4, 0.5) is 11.4 Å². The Morgan fingerprint density at radius 3 is 2.29 bits per heavy atom. The highest BCUT2D eigenvalue weighted by molar-refractivity contribution is 7.89. The van der Waals surface area contributed by atoms with Gasteiger partial charge in [-0.15, -0.1) is 0 Å². The Morgan fingerprint density at radius 1 is 1.04 bits per heavy atom. The van der Waals surface area contributed by atoms with Crippen molar-refractivity contribution in [3.63, 3.8) is 0 Å². The van der Waals surface area contributed by atoms with Crippen LogP contribution in [-0.4, -0.2) is 26.4 Å². The van der Waals surface area contributed by atoms with E-state index >= 15 is 0 Å². The topological polar surface area (TPSA) is 101 Å². The van der Waals surface area contributed by atoms with Gasteiger partial charge in [-0.25, -0.2) is 13.1 Å². The van der Waals surface area contributed by atoms with Gasteiger partial charge in [0.25, 0.3) is 5.69 Å². The quantitative estimate of drug-likeness (QED) is 0.454. The highest BCUT2D eigenvalue weighted by Crippen LogP contribution is 2.17. The van der Waals surface area contributed by atoms with Gasteiger partial charge in [0.15, 0.2) is 0 Å². The van der Waals surface area contributed by atoms with Crippen molar-refractivity contribution in [1.29, 1.82) is 0 Å². The second kappa shape index (κ2) is 7.41. The fourth-order valence-corrected chi connectivity index (χ4v) is 3.53. The van der Waals surface area contributed by atoms with Crippen LogP contribution < -0.4 is 10.0 Å². The Balaban J connectivity index is 1.90. The van der Waals surface area contributed by atoms with Gasteiger partial charge in [0.2, 0.25) is 10.0 Å². The zero-order valence-electron chi connectivity index (χ0n) is 13.4. The fourth-order valence-electron chi connectivity index (χ4n) is 2.27.